The van der Waals surface area contributed by atoms with Gasteiger partial charge >= 0.3 is 0 Å². The Morgan fingerprint density at radius 3 is 2.78 bits per heavy atom. The number of nitrogens with zero attached hydrogens (tertiary/aromatic N) is 2. The molecular weight excluding hydrogens is 226 g/mol. The van der Waals surface area contributed by atoms with Gasteiger partial charge in [0.25, 0.3) is 0 Å². The molecule has 0 bridgehead atoms. The van der Waals surface area contributed by atoms with Crippen LogP contribution in [0.1, 0.15) is 76.4 Å². The molecule has 102 valence electrons. The van der Waals surface area contributed by atoms with Gasteiger partial charge in [-0.1, -0.05) is 38.8 Å². The highest BCUT2D eigenvalue weighted by Gasteiger charge is 2.30. The van der Waals surface area contributed by atoms with E-state index in [1.54, 1.807) is 0 Å². The maximum Gasteiger partial charge on any atom is 0.231 e. The lowest BCUT2D eigenvalue weighted by molar-refractivity contribution is 0.262. The van der Waals surface area contributed by atoms with E-state index in [0.29, 0.717) is 17.9 Å². The lowest BCUT2D eigenvalue weighted by Crippen LogP contribution is -2.37. The highest BCUT2D eigenvalue weighted by Crippen LogP contribution is 2.32. The Bertz CT molecular complexity index is 362. The van der Waals surface area contributed by atoms with Gasteiger partial charge < -0.3 is 9.84 Å². The normalized spacial score (nSPS) is 24.7. The van der Waals surface area contributed by atoms with Gasteiger partial charge in [0.15, 0.2) is 5.82 Å². The quantitative estimate of drug-likeness (QED) is 0.873. The first-order valence-electron chi connectivity index (χ1n) is 7.29. The van der Waals surface area contributed by atoms with Crippen LogP contribution in [0, 0.1) is 0 Å². The average Bonchev–Trinajstić information content (AvgIpc) is 2.86. The molecule has 1 aromatic heterocycles. The standard InChI is InChI=1S/C14H25N3O/c1-4-9-15-12-8-6-5-7-11(12)14-16-13(10(2)3)17-18-14/h10-12,15H,4-9H2,1-3H3. The van der Waals surface area contributed by atoms with Crippen molar-refractivity contribution in [1.29, 1.82) is 0 Å². The number of rotatable bonds is 5. The van der Waals surface area contributed by atoms with E-state index in [9.17, 15) is 0 Å². The summed E-state index contributed by atoms with van der Waals surface area (Å²) in [5, 5.41) is 7.72. The molecule has 0 aliphatic heterocycles. The van der Waals surface area contributed by atoms with Gasteiger partial charge in [-0.2, -0.15) is 4.98 Å². The first kappa shape index (κ1) is 13.5. The molecular formula is C14H25N3O. The van der Waals surface area contributed by atoms with Crippen molar-refractivity contribution in [2.75, 3.05) is 6.54 Å². The van der Waals surface area contributed by atoms with Crippen LogP contribution in [0.4, 0.5) is 0 Å². The number of hydrogen-bond donors (Lipinski definition) is 1. The van der Waals surface area contributed by atoms with Crippen molar-refractivity contribution in [1.82, 2.24) is 15.5 Å². The average molecular weight is 251 g/mol. The highest BCUT2D eigenvalue weighted by molar-refractivity contribution is 5.02. The molecule has 0 amide bonds. The van der Waals surface area contributed by atoms with Crippen LogP contribution in [0.25, 0.3) is 0 Å². The molecule has 0 saturated heterocycles. The van der Waals surface area contributed by atoms with E-state index in [2.05, 4.69) is 36.2 Å². The lowest BCUT2D eigenvalue weighted by Gasteiger charge is -2.29. The molecule has 18 heavy (non-hydrogen) atoms. The van der Waals surface area contributed by atoms with Crippen molar-refractivity contribution in [3.63, 3.8) is 0 Å². The molecule has 0 aromatic carbocycles. The minimum Gasteiger partial charge on any atom is -0.339 e. The molecule has 2 unspecified atom stereocenters. The minimum absolute atomic E-state index is 0.341. The first-order valence-corrected chi connectivity index (χ1v) is 7.29. The summed E-state index contributed by atoms with van der Waals surface area (Å²) in [7, 11) is 0. The summed E-state index contributed by atoms with van der Waals surface area (Å²) in [6.07, 6.45) is 6.15. The van der Waals surface area contributed by atoms with Crippen LogP contribution in [0.3, 0.4) is 0 Å². The topological polar surface area (TPSA) is 51.0 Å². The summed E-state index contributed by atoms with van der Waals surface area (Å²) in [4.78, 5) is 4.57. The third-order valence-corrected chi connectivity index (χ3v) is 3.71. The smallest absolute Gasteiger partial charge is 0.231 e. The Morgan fingerprint density at radius 1 is 1.33 bits per heavy atom. The predicted molar refractivity (Wildman–Crippen MR) is 71.7 cm³/mol. The molecule has 2 rings (SSSR count). The maximum absolute atomic E-state index is 5.47. The monoisotopic (exact) mass is 251 g/mol. The number of nitrogens with one attached hydrogen (secondary N) is 1. The fourth-order valence-electron chi connectivity index (χ4n) is 2.63. The Kier molecular flexibility index (Phi) is 4.75. The molecule has 1 fully saturated rings. The zero-order valence-electron chi connectivity index (χ0n) is 11.8. The molecule has 1 saturated carbocycles. The summed E-state index contributed by atoms with van der Waals surface area (Å²) in [6.45, 7) is 7.48. The van der Waals surface area contributed by atoms with Crippen molar-refractivity contribution in [2.45, 2.75) is 70.8 Å². The van der Waals surface area contributed by atoms with E-state index >= 15 is 0 Å². The second kappa shape index (κ2) is 6.32. The minimum atomic E-state index is 0.341. The Hall–Kier alpha value is -0.900. The molecule has 1 aliphatic carbocycles. The predicted octanol–water partition coefficient (Wildman–Crippen LogP) is 3.22. The molecule has 4 heteroatoms. The van der Waals surface area contributed by atoms with Gasteiger partial charge in [0, 0.05) is 12.0 Å². The molecule has 0 radical (unpaired) electrons. The van der Waals surface area contributed by atoms with Gasteiger partial charge in [-0.25, -0.2) is 0 Å². The summed E-state index contributed by atoms with van der Waals surface area (Å²) in [5.41, 5.74) is 0. The summed E-state index contributed by atoms with van der Waals surface area (Å²) in [5.74, 6) is 2.43. The summed E-state index contributed by atoms with van der Waals surface area (Å²) in [6, 6.07) is 0.513. The van der Waals surface area contributed by atoms with E-state index in [1.165, 1.54) is 32.1 Å². The third-order valence-electron chi connectivity index (χ3n) is 3.71. The van der Waals surface area contributed by atoms with Crippen LogP contribution < -0.4 is 5.32 Å². The van der Waals surface area contributed by atoms with Crippen LogP contribution in [0.2, 0.25) is 0 Å². The van der Waals surface area contributed by atoms with Crippen molar-refractivity contribution in [3.05, 3.63) is 11.7 Å². The molecule has 2 atom stereocenters. The van der Waals surface area contributed by atoms with Crippen LogP contribution in [0.5, 0.6) is 0 Å². The van der Waals surface area contributed by atoms with Gasteiger partial charge in [0.1, 0.15) is 0 Å². The van der Waals surface area contributed by atoms with Crippen molar-refractivity contribution in [2.24, 2.45) is 0 Å². The maximum atomic E-state index is 5.47. The van der Waals surface area contributed by atoms with Gasteiger partial charge in [0.05, 0.1) is 5.92 Å². The first-order chi connectivity index (χ1) is 8.72. The van der Waals surface area contributed by atoms with Crippen molar-refractivity contribution >= 4 is 0 Å². The second-order valence-corrected chi connectivity index (χ2v) is 5.60. The SMILES string of the molecule is CCCNC1CCCCC1c1nc(C(C)C)no1. The summed E-state index contributed by atoms with van der Waals surface area (Å²) >= 11 is 0. The van der Waals surface area contributed by atoms with Gasteiger partial charge in [-0.05, 0) is 25.8 Å². The van der Waals surface area contributed by atoms with Gasteiger partial charge in [-0.3, -0.25) is 0 Å². The van der Waals surface area contributed by atoms with E-state index in [0.717, 1.165) is 18.3 Å². The van der Waals surface area contributed by atoms with Crippen LogP contribution in [-0.2, 0) is 0 Å². The van der Waals surface area contributed by atoms with Gasteiger partial charge in [-0.15, -0.1) is 0 Å². The fraction of sp³-hybridized carbons (Fsp3) is 0.857. The van der Waals surface area contributed by atoms with E-state index < -0.39 is 0 Å². The zero-order valence-corrected chi connectivity index (χ0v) is 11.8. The third kappa shape index (κ3) is 3.10. The zero-order chi connectivity index (χ0) is 13.0. The molecule has 0 spiro atoms. The number of hydrogen-bond acceptors (Lipinski definition) is 4. The highest BCUT2D eigenvalue weighted by atomic mass is 16.5. The molecule has 1 N–H and O–H groups in total. The second-order valence-electron chi connectivity index (χ2n) is 5.60. The largest absolute Gasteiger partial charge is 0.339 e. The van der Waals surface area contributed by atoms with Gasteiger partial charge in [0.2, 0.25) is 5.89 Å². The molecule has 1 aliphatic rings. The van der Waals surface area contributed by atoms with Crippen LogP contribution in [-0.4, -0.2) is 22.7 Å². The van der Waals surface area contributed by atoms with E-state index in [1.807, 2.05) is 0 Å². The Balaban J connectivity index is 2.06. The Morgan fingerprint density at radius 2 is 2.11 bits per heavy atom. The summed E-state index contributed by atoms with van der Waals surface area (Å²) < 4.78 is 5.47. The molecule has 1 aromatic rings. The molecule has 4 nitrogen and oxygen atoms in total. The number of aromatic nitrogens is 2. The van der Waals surface area contributed by atoms with Crippen LogP contribution >= 0.6 is 0 Å². The molecule has 1 heterocycles. The van der Waals surface area contributed by atoms with Crippen LogP contribution in [0.15, 0.2) is 4.52 Å². The lowest BCUT2D eigenvalue weighted by atomic mass is 9.84. The Labute approximate surface area is 110 Å². The van der Waals surface area contributed by atoms with Crippen molar-refractivity contribution in [3.8, 4) is 0 Å². The van der Waals surface area contributed by atoms with Crippen molar-refractivity contribution < 1.29 is 4.52 Å². The fourth-order valence-corrected chi connectivity index (χ4v) is 2.63. The van der Waals surface area contributed by atoms with E-state index in [4.69, 9.17) is 4.52 Å². The van der Waals surface area contributed by atoms with E-state index in [-0.39, 0.29) is 0 Å².